The van der Waals surface area contributed by atoms with E-state index in [9.17, 15) is 9.59 Å². The standard InChI is InChI=1S/C30H29ClN4O2/c1-19(2)15-16-35-30(37)23-12-4-3-11-22(23)28(34-35)29(36)33-18-24(20-9-5-7-13-26(20)31)25-17-32-27-14-8-6-10-21(25)27/h3-14,17,19,24,32H,15-16,18H2,1-2H3,(H,33,36)/t24-/m1/s1. The number of amides is 1. The Balaban J connectivity index is 1.51. The maximum Gasteiger partial charge on any atom is 0.274 e. The molecule has 7 heteroatoms. The zero-order valence-electron chi connectivity index (χ0n) is 20.9. The van der Waals surface area contributed by atoms with Crippen LogP contribution in [-0.4, -0.2) is 27.2 Å². The lowest BCUT2D eigenvalue weighted by Crippen LogP contribution is -2.33. The maximum atomic E-state index is 13.6. The summed E-state index contributed by atoms with van der Waals surface area (Å²) in [5, 5.41) is 10.4. The molecule has 6 nitrogen and oxygen atoms in total. The number of aromatic amines is 1. The summed E-state index contributed by atoms with van der Waals surface area (Å²) in [6.45, 7) is 4.96. The molecule has 2 N–H and O–H groups in total. The molecule has 2 aromatic heterocycles. The van der Waals surface area contributed by atoms with Crippen LogP contribution < -0.4 is 10.9 Å². The van der Waals surface area contributed by atoms with Gasteiger partial charge in [-0.05, 0) is 41.7 Å². The molecule has 0 aliphatic heterocycles. The van der Waals surface area contributed by atoms with Crippen LogP contribution in [-0.2, 0) is 6.54 Å². The number of H-pyrrole nitrogens is 1. The smallest absolute Gasteiger partial charge is 0.274 e. The summed E-state index contributed by atoms with van der Waals surface area (Å²) < 4.78 is 1.42. The predicted molar refractivity (Wildman–Crippen MR) is 149 cm³/mol. The minimum absolute atomic E-state index is 0.180. The molecule has 2 heterocycles. The van der Waals surface area contributed by atoms with Gasteiger partial charge in [-0.2, -0.15) is 5.10 Å². The third kappa shape index (κ3) is 5.02. The molecular weight excluding hydrogens is 484 g/mol. The van der Waals surface area contributed by atoms with Crippen molar-refractivity contribution in [3.8, 4) is 0 Å². The second kappa shape index (κ2) is 10.6. The van der Waals surface area contributed by atoms with Crippen LogP contribution in [0.5, 0.6) is 0 Å². The molecule has 3 aromatic carbocycles. The van der Waals surface area contributed by atoms with Crippen molar-refractivity contribution >= 4 is 39.2 Å². The second-order valence-corrected chi connectivity index (χ2v) is 10.1. The van der Waals surface area contributed by atoms with E-state index in [0.717, 1.165) is 28.5 Å². The summed E-state index contributed by atoms with van der Waals surface area (Å²) in [4.78, 5) is 30.0. The van der Waals surface area contributed by atoms with Crippen molar-refractivity contribution in [3.05, 3.63) is 111 Å². The minimum atomic E-state index is -0.327. The Morgan fingerprint density at radius 1 is 0.946 bits per heavy atom. The van der Waals surface area contributed by atoms with Crippen molar-refractivity contribution in [1.82, 2.24) is 20.1 Å². The molecule has 5 aromatic rings. The molecule has 0 fully saturated rings. The SMILES string of the molecule is CC(C)CCn1nc(C(=O)NC[C@H](c2ccccc2Cl)c2c[nH]c3ccccc23)c2ccccc2c1=O. The number of benzene rings is 3. The normalized spacial score (nSPS) is 12.3. The van der Waals surface area contributed by atoms with Crippen LogP contribution in [0.1, 0.15) is 47.8 Å². The van der Waals surface area contributed by atoms with Gasteiger partial charge in [0.1, 0.15) is 0 Å². The molecule has 1 amide bonds. The first-order valence-corrected chi connectivity index (χ1v) is 12.9. The first kappa shape index (κ1) is 24.8. The van der Waals surface area contributed by atoms with Gasteiger partial charge in [-0.3, -0.25) is 9.59 Å². The average molecular weight is 513 g/mol. The number of aryl methyl sites for hydroxylation is 1. The summed E-state index contributed by atoms with van der Waals surface area (Å²) in [6, 6.07) is 22.9. The van der Waals surface area contributed by atoms with Crippen molar-refractivity contribution in [2.45, 2.75) is 32.7 Å². The topological polar surface area (TPSA) is 79.8 Å². The second-order valence-electron chi connectivity index (χ2n) is 9.68. The average Bonchev–Trinajstić information content (AvgIpc) is 3.33. The molecule has 1 atom stereocenters. The van der Waals surface area contributed by atoms with Gasteiger partial charge in [0.15, 0.2) is 5.69 Å². The number of halogens is 1. The maximum absolute atomic E-state index is 13.6. The lowest BCUT2D eigenvalue weighted by Gasteiger charge is -2.20. The van der Waals surface area contributed by atoms with Gasteiger partial charge >= 0.3 is 0 Å². The Bertz CT molecular complexity index is 1640. The Morgan fingerprint density at radius 3 is 2.38 bits per heavy atom. The lowest BCUT2D eigenvalue weighted by molar-refractivity contribution is 0.0947. The van der Waals surface area contributed by atoms with Crippen LogP contribution in [0.4, 0.5) is 0 Å². The third-order valence-corrected chi connectivity index (χ3v) is 7.09. The third-order valence-electron chi connectivity index (χ3n) is 6.75. The fourth-order valence-electron chi connectivity index (χ4n) is 4.74. The van der Waals surface area contributed by atoms with E-state index in [0.29, 0.717) is 34.8 Å². The Morgan fingerprint density at radius 2 is 1.62 bits per heavy atom. The highest BCUT2D eigenvalue weighted by atomic mass is 35.5. The van der Waals surface area contributed by atoms with Gasteiger partial charge in [-0.1, -0.05) is 80.0 Å². The monoisotopic (exact) mass is 512 g/mol. The van der Waals surface area contributed by atoms with E-state index < -0.39 is 0 Å². The number of para-hydroxylation sites is 1. The Kier molecular flexibility index (Phi) is 7.10. The number of fused-ring (bicyclic) bond motifs is 2. The fourth-order valence-corrected chi connectivity index (χ4v) is 5.01. The molecule has 37 heavy (non-hydrogen) atoms. The predicted octanol–water partition coefficient (Wildman–Crippen LogP) is 6.14. The number of carbonyl (C=O) groups is 1. The van der Waals surface area contributed by atoms with E-state index in [1.807, 2.05) is 60.8 Å². The molecule has 0 saturated heterocycles. The minimum Gasteiger partial charge on any atom is -0.361 e. The molecule has 0 saturated carbocycles. The molecule has 0 aliphatic carbocycles. The number of carbonyl (C=O) groups excluding carboxylic acids is 1. The highest BCUT2D eigenvalue weighted by Gasteiger charge is 2.23. The number of aromatic nitrogens is 3. The van der Waals surface area contributed by atoms with Crippen LogP contribution in [0.15, 0.2) is 83.8 Å². The molecule has 0 aliphatic rings. The first-order chi connectivity index (χ1) is 17.9. The molecule has 0 radical (unpaired) electrons. The van der Waals surface area contributed by atoms with Gasteiger partial charge in [0.05, 0.1) is 5.39 Å². The van der Waals surface area contributed by atoms with Gasteiger partial charge in [-0.25, -0.2) is 4.68 Å². The number of hydrogen-bond acceptors (Lipinski definition) is 3. The quantitative estimate of drug-likeness (QED) is 0.262. The van der Waals surface area contributed by atoms with Crippen LogP contribution in [0.3, 0.4) is 0 Å². The summed E-state index contributed by atoms with van der Waals surface area (Å²) >= 11 is 6.62. The molecular formula is C30H29ClN4O2. The van der Waals surface area contributed by atoms with Gasteiger partial charge in [0.2, 0.25) is 0 Å². The van der Waals surface area contributed by atoms with E-state index in [2.05, 4.69) is 35.3 Å². The van der Waals surface area contributed by atoms with E-state index in [1.165, 1.54) is 4.68 Å². The van der Waals surface area contributed by atoms with Crippen molar-refractivity contribution in [1.29, 1.82) is 0 Å². The Labute approximate surface area is 220 Å². The van der Waals surface area contributed by atoms with Gasteiger partial charge in [-0.15, -0.1) is 0 Å². The number of nitrogens with one attached hydrogen (secondary N) is 2. The van der Waals surface area contributed by atoms with Crippen molar-refractivity contribution in [2.75, 3.05) is 6.54 Å². The van der Waals surface area contributed by atoms with Crippen LogP contribution in [0.2, 0.25) is 5.02 Å². The number of nitrogens with zero attached hydrogens (tertiary/aromatic N) is 2. The van der Waals surface area contributed by atoms with E-state index in [4.69, 9.17) is 11.6 Å². The van der Waals surface area contributed by atoms with E-state index >= 15 is 0 Å². The molecule has 0 unspecified atom stereocenters. The Hall–Kier alpha value is -3.90. The highest BCUT2D eigenvalue weighted by Crippen LogP contribution is 2.34. The molecule has 0 spiro atoms. The van der Waals surface area contributed by atoms with Crippen LogP contribution in [0, 0.1) is 5.92 Å². The lowest BCUT2D eigenvalue weighted by atomic mass is 9.90. The van der Waals surface area contributed by atoms with Gasteiger partial charge in [0, 0.05) is 46.5 Å². The van der Waals surface area contributed by atoms with Crippen molar-refractivity contribution in [3.63, 3.8) is 0 Å². The van der Waals surface area contributed by atoms with Crippen molar-refractivity contribution in [2.24, 2.45) is 5.92 Å². The fraction of sp³-hybridized carbons (Fsp3) is 0.233. The zero-order chi connectivity index (χ0) is 25.9. The molecule has 188 valence electrons. The zero-order valence-corrected chi connectivity index (χ0v) is 21.6. The largest absolute Gasteiger partial charge is 0.361 e. The van der Waals surface area contributed by atoms with Crippen LogP contribution in [0.25, 0.3) is 21.7 Å². The molecule has 0 bridgehead atoms. The summed E-state index contributed by atoms with van der Waals surface area (Å²) in [5.41, 5.74) is 3.06. The van der Waals surface area contributed by atoms with E-state index in [-0.39, 0.29) is 23.1 Å². The summed E-state index contributed by atoms with van der Waals surface area (Å²) in [5.74, 6) is -0.108. The number of hydrogen-bond donors (Lipinski definition) is 2. The van der Waals surface area contributed by atoms with Gasteiger partial charge in [0.25, 0.3) is 11.5 Å². The van der Waals surface area contributed by atoms with E-state index in [1.54, 1.807) is 12.1 Å². The number of rotatable bonds is 8. The van der Waals surface area contributed by atoms with Crippen molar-refractivity contribution < 1.29 is 4.79 Å². The molecule has 5 rings (SSSR count). The highest BCUT2D eigenvalue weighted by molar-refractivity contribution is 6.31. The van der Waals surface area contributed by atoms with Gasteiger partial charge < -0.3 is 10.3 Å². The summed E-state index contributed by atoms with van der Waals surface area (Å²) in [7, 11) is 0. The summed E-state index contributed by atoms with van der Waals surface area (Å²) in [6.07, 6.45) is 2.77. The first-order valence-electron chi connectivity index (χ1n) is 12.5. The van der Waals surface area contributed by atoms with Crippen LogP contribution >= 0.6 is 11.6 Å².